The maximum atomic E-state index is 12.1. The lowest BCUT2D eigenvalue weighted by molar-refractivity contribution is -0.142. The molecule has 1 fully saturated rings. The Kier molecular flexibility index (Phi) is 3.69. The van der Waals surface area contributed by atoms with Crippen molar-refractivity contribution in [3.63, 3.8) is 0 Å². The van der Waals surface area contributed by atoms with Crippen molar-refractivity contribution >= 4 is 0 Å². The van der Waals surface area contributed by atoms with Crippen LogP contribution in [0.25, 0.3) is 0 Å². The summed E-state index contributed by atoms with van der Waals surface area (Å²) in [4.78, 5) is 0. The summed E-state index contributed by atoms with van der Waals surface area (Å²) in [5, 5.41) is 3.01. The first-order valence-electron chi connectivity index (χ1n) is 5.48. The lowest BCUT2D eigenvalue weighted by atomic mass is 9.75. The van der Waals surface area contributed by atoms with E-state index in [1.807, 2.05) is 0 Å². The van der Waals surface area contributed by atoms with Crippen molar-refractivity contribution in [1.29, 1.82) is 0 Å². The van der Waals surface area contributed by atoms with Crippen LogP contribution < -0.4 is 5.32 Å². The first-order chi connectivity index (χ1) is 6.68. The van der Waals surface area contributed by atoms with Gasteiger partial charge in [-0.1, -0.05) is 20.8 Å². The van der Waals surface area contributed by atoms with Crippen LogP contribution in [0.3, 0.4) is 0 Å². The number of halogens is 3. The molecule has 0 saturated carbocycles. The molecule has 90 valence electrons. The lowest BCUT2D eigenvalue weighted by Crippen LogP contribution is -2.44. The maximum Gasteiger partial charge on any atom is 0.390 e. The smallest absolute Gasteiger partial charge is 0.313 e. The number of hydrogen-bond donors (Lipinski definition) is 1. The zero-order valence-electron chi connectivity index (χ0n) is 9.62. The maximum absolute atomic E-state index is 12.1. The van der Waals surface area contributed by atoms with Crippen molar-refractivity contribution in [3.05, 3.63) is 0 Å². The van der Waals surface area contributed by atoms with Crippen LogP contribution in [0.2, 0.25) is 0 Å². The molecule has 1 rings (SSSR count). The fraction of sp³-hybridized carbons (Fsp3) is 1.00. The molecule has 0 aromatic heterocycles. The van der Waals surface area contributed by atoms with Gasteiger partial charge in [-0.15, -0.1) is 0 Å². The summed E-state index contributed by atoms with van der Waals surface area (Å²) in [6, 6.07) is -0.372. The lowest BCUT2D eigenvalue weighted by Gasteiger charge is -2.37. The van der Waals surface area contributed by atoms with Crippen molar-refractivity contribution in [2.24, 2.45) is 11.3 Å². The summed E-state index contributed by atoms with van der Waals surface area (Å²) in [6.07, 6.45) is -3.19. The van der Waals surface area contributed by atoms with E-state index in [1.165, 1.54) is 0 Å². The van der Waals surface area contributed by atoms with E-state index in [2.05, 4.69) is 26.1 Å². The Morgan fingerprint density at radius 2 is 1.73 bits per heavy atom. The normalized spacial score (nSPS) is 29.2. The third-order valence-corrected chi connectivity index (χ3v) is 3.22. The first kappa shape index (κ1) is 12.8. The topological polar surface area (TPSA) is 12.0 Å². The van der Waals surface area contributed by atoms with Crippen LogP contribution in [0.4, 0.5) is 13.2 Å². The van der Waals surface area contributed by atoms with Gasteiger partial charge in [0.2, 0.25) is 0 Å². The van der Waals surface area contributed by atoms with Crippen molar-refractivity contribution in [3.8, 4) is 0 Å². The molecule has 1 aliphatic rings. The first-order valence-corrected chi connectivity index (χ1v) is 5.48. The van der Waals surface area contributed by atoms with E-state index in [4.69, 9.17) is 0 Å². The van der Waals surface area contributed by atoms with Crippen molar-refractivity contribution < 1.29 is 13.2 Å². The summed E-state index contributed by atoms with van der Waals surface area (Å²) in [7, 11) is 0. The minimum absolute atomic E-state index is 0.191. The van der Waals surface area contributed by atoms with E-state index in [0.717, 1.165) is 6.42 Å². The minimum Gasteiger partial charge on any atom is -0.313 e. The van der Waals surface area contributed by atoms with Gasteiger partial charge in [-0.25, -0.2) is 0 Å². The van der Waals surface area contributed by atoms with Crippen LogP contribution in [-0.4, -0.2) is 18.8 Å². The third kappa shape index (κ3) is 4.41. The molecule has 2 unspecified atom stereocenters. The van der Waals surface area contributed by atoms with E-state index >= 15 is 0 Å². The number of hydrogen-bond acceptors (Lipinski definition) is 1. The van der Waals surface area contributed by atoms with Gasteiger partial charge in [0.15, 0.2) is 0 Å². The highest BCUT2D eigenvalue weighted by Gasteiger charge is 2.35. The number of nitrogens with one attached hydrogen (secondary N) is 1. The van der Waals surface area contributed by atoms with Crippen LogP contribution in [0.1, 0.15) is 40.0 Å². The van der Waals surface area contributed by atoms with Crippen LogP contribution >= 0.6 is 0 Å². The fourth-order valence-electron chi connectivity index (χ4n) is 2.11. The molecule has 1 N–H and O–H groups in total. The van der Waals surface area contributed by atoms with Crippen molar-refractivity contribution in [2.45, 2.75) is 52.3 Å². The SMILES string of the molecule is CC(C)(C)C1CCC(CC(F)(F)F)NC1. The Balaban J connectivity index is 2.37. The predicted molar refractivity (Wildman–Crippen MR) is 54.6 cm³/mol. The van der Waals surface area contributed by atoms with Gasteiger partial charge < -0.3 is 5.32 Å². The Morgan fingerprint density at radius 3 is 2.07 bits per heavy atom. The van der Waals surface area contributed by atoms with Gasteiger partial charge >= 0.3 is 6.18 Å². The zero-order valence-corrected chi connectivity index (χ0v) is 9.62. The largest absolute Gasteiger partial charge is 0.390 e. The molecule has 1 nitrogen and oxygen atoms in total. The second-order valence-electron chi connectivity index (χ2n) is 5.56. The molecule has 0 aromatic carbocycles. The predicted octanol–water partition coefficient (Wildman–Crippen LogP) is 3.35. The molecule has 4 heteroatoms. The number of piperidine rings is 1. The van der Waals surface area contributed by atoms with Crippen LogP contribution in [0.15, 0.2) is 0 Å². The van der Waals surface area contributed by atoms with Gasteiger partial charge in [-0.2, -0.15) is 13.2 Å². The summed E-state index contributed by atoms with van der Waals surface area (Å²) in [5.41, 5.74) is 0.191. The van der Waals surface area contributed by atoms with Gasteiger partial charge in [0.25, 0.3) is 0 Å². The molecular weight excluding hydrogens is 203 g/mol. The second kappa shape index (κ2) is 4.32. The monoisotopic (exact) mass is 223 g/mol. The van der Waals surface area contributed by atoms with Gasteiger partial charge in [0.1, 0.15) is 0 Å². The highest BCUT2D eigenvalue weighted by Crippen LogP contribution is 2.34. The van der Waals surface area contributed by atoms with Crippen LogP contribution in [0, 0.1) is 11.3 Å². The van der Waals surface area contributed by atoms with Crippen molar-refractivity contribution in [2.75, 3.05) is 6.54 Å². The molecule has 1 saturated heterocycles. The van der Waals surface area contributed by atoms with E-state index in [-0.39, 0.29) is 11.5 Å². The third-order valence-electron chi connectivity index (χ3n) is 3.22. The molecule has 1 aliphatic heterocycles. The van der Waals surface area contributed by atoms with Crippen LogP contribution in [-0.2, 0) is 0 Å². The molecule has 2 atom stereocenters. The van der Waals surface area contributed by atoms with Crippen LogP contribution in [0.5, 0.6) is 0 Å². The average molecular weight is 223 g/mol. The highest BCUT2D eigenvalue weighted by molar-refractivity contribution is 4.85. The van der Waals surface area contributed by atoms with Gasteiger partial charge in [-0.05, 0) is 30.7 Å². The van der Waals surface area contributed by atoms with Gasteiger partial charge in [0, 0.05) is 6.04 Å². The minimum atomic E-state index is -4.04. The summed E-state index contributed by atoms with van der Waals surface area (Å²) in [5.74, 6) is 0.488. The molecule has 0 bridgehead atoms. The number of alkyl halides is 3. The molecule has 1 heterocycles. The van der Waals surface area contributed by atoms with Crippen molar-refractivity contribution in [1.82, 2.24) is 5.32 Å². The molecule has 0 spiro atoms. The standard InChI is InChI=1S/C11H20F3N/c1-10(2,3)8-4-5-9(15-7-8)6-11(12,13)14/h8-9,15H,4-7H2,1-3H3. The van der Waals surface area contributed by atoms with E-state index in [1.54, 1.807) is 0 Å². The highest BCUT2D eigenvalue weighted by atomic mass is 19.4. The zero-order chi connectivity index (χ0) is 11.7. The Labute approximate surface area is 89.4 Å². The Morgan fingerprint density at radius 1 is 1.13 bits per heavy atom. The van der Waals surface area contributed by atoms with Gasteiger partial charge in [0.05, 0.1) is 6.42 Å². The quantitative estimate of drug-likeness (QED) is 0.718. The Hall–Kier alpha value is -0.250. The second-order valence-corrected chi connectivity index (χ2v) is 5.56. The summed E-state index contributed by atoms with van der Waals surface area (Å²) < 4.78 is 36.4. The van der Waals surface area contributed by atoms with E-state index in [0.29, 0.717) is 18.9 Å². The average Bonchev–Trinajstić information content (AvgIpc) is 2.00. The van der Waals surface area contributed by atoms with E-state index < -0.39 is 12.6 Å². The number of rotatable bonds is 1. The summed E-state index contributed by atoms with van der Waals surface area (Å²) >= 11 is 0. The summed E-state index contributed by atoms with van der Waals surface area (Å²) in [6.45, 7) is 7.14. The fourth-order valence-corrected chi connectivity index (χ4v) is 2.11. The molecular formula is C11H20F3N. The van der Waals surface area contributed by atoms with E-state index in [9.17, 15) is 13.2 Å². The molecule has 0 aliphatic carbocycles. The van der Waals surface area contributed by atoms with Gasteiger partial charge in [-0.3, -0.25) is 0 Å². The molecule has 0 aromatic rings. The Bertz CT molecular complexity index is 197. The molecule has 0 amide bonds. The molecule has 0 radical (unpaired) electrons. The molecule has 15 heavy (non-hydrogen) atoms.